The molecule has 1 saturated heterocycles. The van der Waals surface area contributed by atoms with Gasteiger partial charge in [-0.1, -0.05) is 18.2 Å². The van der Waals surface area contributed by atoms with Gasteiger partial charge in [-0.05, 0) is 43.7 Å². The summed E-state index contributed by atoms with van der Waals surface area (Å²) in [5.41, 5.74) is 2.49. The molecule has 0 spiro atoms. The number of fused-ring (bicyclic) bond motifs is 2. The lowest BCUT2D eigenvalue weighted by molar-refractivity contribution is -0.144. The Balaban J connectivity index is 1.34. The molecule has 1 aliphatic carbocycles. The fourth-order valence-electron chi connectivity index (χ4n) is 4.15. The average Bonchev–Trinajstić information content (AvgIpc) is 3.21. The fourth-order valence-corrected chi connectivity index (χ4v) is 4.15. The number of amides is 1. The monoisotopic (exact) mass is 312 g/mol. The van der Waals surface area contributed by atoms with Crippen LogP contribution in [0.5, 0.6) is 0 Å². The molecule has 4 nitrogen and oxygen atoms in total. The first-order chi connectivity index (χ1) is 11.3. The highest BCUT2D eigenvalue weighted by atomic mass is 16.5. The fraction of sp³-hybridized carbons (Fsp3) is 0.526. The van der Waals surface area contributed by atoms with E-state index in [0.717, 1.165) is 32.2 Å². The molecule has 1 saturated carbocycles. The maximum Gasteiger partial charge on any atom is 0.222 e. The van der Waals surface area contributed by atoms with Crippen LogP contribution < -0.4 is 0 Å². The molecule has 0 radical (unpaired) electrons. The standard InChI is InChI=1S/C19H24N2O2/c22-19(21-11-12-23-18-9-4-8-17(18)21)10-3-5-14-13-20-16-7-2-1-6-15(14)16/h1-2,6-7,13,17-18,20H,3-5,8-12H2/t17-,18+/m0/s1. The van der Waals surface area contributed by atoms with Gasteiger partial charge < -0.3 is 14.6 Å². The van der Waals surface area contributed by atoms with E-state index in [2.05, 4.69) is 34.3 Å². The van der Waals surface area contributed by atoms with Gasteiger partial charge in [0, 0.05) is 30.1 Å². The highest BCUT2D eigenvalue weighted by Gasteiger charge is 2.37. The number of nitrogens with zero attached hydrogens (tertiary/aromatic N) is 1. The van der Waals surface area contributed by atoms with Crippen molar-refractivity contribution in [3.05, 3.63) is 36.0 Å². The van der Waals surface area contributed by atoms with E-state index in [1.165, 1.54) is 22.9 Å². The summed E-state index contributed by atoms with van der Waals surface area (Å²) in [6, 6.07) is 8.69. The molecule has 2 fully saturated rings. The van der Waals surface area contributed by atoms with Crippen LogP contribution in [0.1, 0.15) is 37.7 Å². The number of rotatable bonds is 4. The number of morpholine rings is 1. The van der Waals surface area contributed by atoms with Crippen molar-refractivity contribution in [2.75, 3.05) is 13.2 Å². The van der Waals surface area contributed by atoms with Crippen LogP contribution in [0.25, 0.3) is 10.9 Å². The van der Waals surface area contributed by atoms with Gasteiger partial charge in [-0.25, -0.2) is 0 Å². The normalized spacial score (nSPS) is 24.1. The topological polar surface area (TPSA) is 45.3 Å². The number of nitrogens with one attached hydrogen (secondary N) is 1. The van der Waals surface area contributed by atoms with Crippen molar-refractivity contribution in [2.45, 2.75) is 50.7 Å². The lowest BCUT2D eigenvalue weighted by Crippen LogP contribution is -2.51. The van der Waals surface area contributed by atoms with E-state index in [-0.39, 0.29) is 0 Å². The maximum absolute atomic E-state index is 12.6. The zero-order valence-corrected chi connectivity index (χ0v) is 13.5. The van der Waals surface area contributed by atoms with Gasteiger partial charge in [-0.2, -0.15) is 0 Å². The molecule has 1 N–H and O–H groups in total. The lowest BCUT2D eigenvalue weighted by atomic mass is 10.1. The van der Waals surface area contributed by atoms with Crippen molar-refractivity contribution in [1.29, 1.82) is 0 Å². The van der Waals surface area contributed by atoms with Crippen LogP contribution in [0.4, 0.5) is 0 Å². The predicted octanol–water partition coefficient (Wildman–Crippen LogP) is 3.27. The molecule has 23 heavy (non-hydrogen) atoms. The van der Waals surface area contributed by atoms with E-state index >= 15 is 0 Å². The Bertz CT molecular complexity index is 693. The van der Waals surface area contributed by atoms with Gasteiger partial charge in [0.2, 0.25) is 5.91 Å². The Morgan fingerprint density at radius 2 is 2.22 bits per heavy atom. The van der Waals surface area contributed by atoms with Gasteiger partial charge in [-0.3, -0.25) is 4.79 Å². The molecule has 1 aromatic heterocycles. The maximum atomic E-state index is 12.6. The van der Waals surface area contributed by atoms with Gasteiger partial charge in [0.15, 0.2) is 0 Å². The van der Waals surface area contributed by atoms with Gasteiger partial charge >= 0.3 is 0 Å². The minimum Gasteiger partial charge on any atom is -0.374 e. The van der Waals surface area contributed by atoms with Crippen LogP contribution in [-0.4, -0.2) is 41.1 Å². The van der Waals surface area contributed by atoms with Crippen molar-refractivity contribution in [3.63, 3.8) is 0 Å². The molecular formula is C19H24N2O2. The number of aromatic amines is 1. The molecule has 0 bridgehead atoms. The first kappa shape index (κ1) is 14.8. The smallest absolute Gasteiger partial charge is 0.222 e. The second-order valence-corrected chi connectivity index (χ2v) is 6.71. The molecule has 122 valence electrons. The number of aryl methyl sites for hydroxylation is 1. The van der Waals surface area contributed by atoms with Crippen LogP contribution in [0, 0.1) is 0 Å². The van der Waals surface area contributed by atoms with E-state index in [1.807, 2.05) is 6.07 Å². The molecule has 2 aromatic rings. The summed E-state index contributed by atoms with van der Waals surface area (Å²) in [5, 5.41) is 1.28. The van der Waals surface area contributed by atoms with Gasteiger partial charge in [0.25, 0.3) is 0 Å². The quantitative estimate of drug-likeness (QED) is 0.942. The van der Waals surface area contributed by atoms with E-state index < -0.39 is 0 Å². The molecule has 0 unspecified atom stereocenters. The van der Waals surface area contributed by atoms with Crippen molar-refractivity contribution in [2.24, 2.45) is 0 Å². The number of carbonyl (C=O) groups is 1. The summed E-state index contributed by atoms with van der Waals surface area (Å²) in [6.07, 6.45) is 8.29. The third-order valence-corrected chi connectivity index (χ3v) is 5.31. The molecule has 1 amide bonds. The second kappa shape index (κ2) is 6.36. The van der Waals surface area contributed by atoms with Crippen molar-refractivity contribution < 1.29 is 9.53 Å². The summed E-state index contributed by atoms with van der Waals surface area (Å²) in [7, 11) is 0. The number of hydrogen-bond acceptors (Lipinski definition) is 2. The third kappa shape index (κ3) is 2.88. The zero-order chi connectivity index (χ0) is 15.6. The molecule has 1 aliphatic heterocycles. The highest BCUT2D eigenvalue weighted by Crippen LogP contribution is 2.30. The zero-order valence-electron chi connectivity index (χ0n) is 13.5. The number of benzene rings is 1. The molecule has 2 atom stereocenters. The Morgan fingerprint density at radius 3 is 3.17 bits per heavy atom. The molecule has 1 aromatic carbocycles. The van der Waals surface area contributed by atoms with E-state index in [4.69, 9.17) is 4.74 Å². The SMILES string of the molecule is O=C(CCCc1c[nH]c2ccccc12)N1CCO[C@@H]2CCC[C@@H]21. The van der Waals surface area contributed by atoms with Crippen LogP contribution in [0.2, 0.25) is 0 Å². The van der Waals surface area contributed by atoms with Crippen molar-refractivity contribution in [1.82, 2.24) is 9.88 Å². The lowest BCUT2D eigenvalue weighted by Gasteiger charge is -2.37. The van der Waals surface area contributed by atoms with E-state index in [9.17, 15) is 4.79 Å². The van der Waals surface area contributed by atoms with E-state index in [1.54, 1.807) is 0 Å². The summed E-state index contributed by atoms with van der Waals surface area (Å²) >= 11 is 0. The molecule has 4 rings (SSSR count). The number of H-pyrrole nitrogens is 1. The first-order valence-corrected chi connectivity index (χ1v) is 8.79. The minimum atomic E-state index is 0.293. The van der Waals surface area contributed by atoms with Crippen LogP contribution in [0.15, 0.2) is 30.5 Å². The Morgan fingerprint density at radius 1 is 1.30 bits per heavy atom. The van der Waals surface area contributed by atoms with E-state index in [0.29, 0.717) is 31.1 Å². The molecule has 4 heteroatoms. The first-order valence-electron chi connectivity index (χ1n) is 8.79. The van der Waals surface area contributed by atoms with Crippen molar-refractivity contribution in [3.8, 4) is 0 Å². The number of aromatic nitrogens is 1. The summed E-state index contributed by atoms with van der Waals surface area (Å²) in [6.45, 7) is 1.47. The summed E-state index contributed by atoms with van der Waals surface area (Å²) in [5.74, 6) is 0.310. The predicted molar refractivity (Wildman–Crippen MR) is 90.3 cm³/mol. The number of hydrogen-bond donors (Lipinski definition) is 1. The third-order valence-electron chi connectivity index (χ3n) is 5.31. The van der Waals surface area contributed by atoms with Crippen LogP contribution in [0.3, 0.4) is 0 Å². The second-order valence-electron chi connectivity index (χ2n) is 6.71. The van der Waals surface area contributed by atoms with Crippen LogP contribution >= 0.6 is 0 Å². The van der Waals surface area contributed by atoms with Gasteiger partial charge in [0.1, 0.15) is 0 Å². The average molecular weight is 312 g/mol. The van der Waals surface area contributed by atoms with Crippen LogP contribution in [-0.2, 0) is 16.0 Å². The summed E-state index contributed by atoms with van der Waals surface area (Å²) < 4.78 is 5.80. The summed E-state index contributed by atoms with van der Waals surface area (Å²) in [4.78, 5) is 18.0. The molecular weight excluding hydrogens is 288 g/mol. The Labute approximate surface area is 136 Å². The molecule has 2 heterocycles. The number of carbonyl (C=O) groups excluding carboxylic acids is 1. The Kier molecular flexibility index (Phi) is 4.08. The van der Waals surface area contributed by atoms with Crippen molar-refractivity contribution >= 4 is 16.8 Å². The largest absolute Gasteiger partial charge is 0.374 e. The Hall–Kier alpha value is -1.81. The minimum absolute atomic E-state index is 0.293. The van der Waals surface area contributed by atoms with Gasteiger partial charge in [-0.15, -0.1) is 0 Å². The molecule has 2 aliphatic rings. The number of ether oxygens (including phenoxy) is 1. The van der Waals surface area contributed by atoms with Gasteiger partial charge in [0.05, 0.1) is 18.8 Å². The number of para-hydroxylation sites is 1. The highest BCUT2D eigenvalue weighted by molar-refractivity contribution is 5.83.